The Morgan fingerprint density at radius 2 is 2.00 bits per heavy atom. The number of thioether (sulfide) groups is 1. The summed E-state index contributed by atoms with van der Waals surface area (Å²) in [6, 6.07) is 5.48. The van der Waals surface area contributed by atoms with Gasteiger partial charge in [-0.1, -0.05) is 13.0 Å². The van der Waals surface area contributed by atoms with Gasteiger partial charge < -0.3 is 9.64 Å². The summed E-state index contributed by atoms with van der Waals surface area (Å²) in [7, 11) is 4.68. The van der Waals surface area contributed by atoms with Gasteiger partial charge in [0.2, 0.25) is 0 Å². The highest BCUT2D eigenvalue weighted by atomic mass is 32.2. The van der Waals surface area contributed by atoms with Crippen LogP contribution in [0.2, 0.25) is 0 Å². The summed E-state index contributed by atoms with van der Waals surface area (Å²) in [5.74, 6) is -0.417. The predicted molar refractivity (Wildman–Crippen MR) is 72.1 cm³/mol. The minimum Gasteiger partial charge on any atom is -0.465 e. The van der Waals surface area contributed by atoms with Crippen LogP contribution >= 0.6 is 11.8 Å². The van der Waals surface area contributed by atoms with Gasteiger partial charge in [0.15, 0.2) is 0 Å². The first-order valence-electron chi connectivity index (χ1n) is 5.60. The molecule has 1 rings (SSSR count). The molecule has 0 bridgehead atoms. The van der Waals surface area contributed by atoms with Crippen LogP contribution in [0.5, 0.6) is 0 Å². The van der Waals surface area contributed by atoms with Gasteiger partial charge in [0.05, 0.1) is 12.7 Å². The van der Waals surface area contributed by atoms with E-state index in [0.29, 0.717) is 10.5 Å². The summed E-state index contributed by atoms with van der Waals surface area (Å²) in [6.07, 6.45) is 0.830. The molecule has 1 aromatic carbocycles. The summed E-state index contributed by atoms with van der Waals surface area (Å²) in [6.45, 7) is 2.01. The highest BCUT2D eigenvalue weighted by Crippen LogP contribution is 2.26. The van der Waals surface area contributed by atoms with Gasteiger partial charge in [0.25, 0.3) is 5.24 Å². The van der Waals surface area contributed by atoms with Gasteiger partial charge in [0.1, 0.15) is 0 Å². The number of esters is 1. The normalized spacial score (nSPS) is 10.0. The van der Waals surface area contributed by atoms with Crippen molar-refractivity contribution in [2.75, 3.05) is 21.2 Å². The first-order chi connectivity index (χ1) is 8.49. The van der Waals surface area contributed by atoms with E-state index in [-0.39, 0.29) is 5.24 Å². The number of carbonyl (C=O) groups is 2. The maximum Gasteiger partial charge on any atom is 0.339 e. The van der Waals surface area contributed by atoms with Crippen molar-refractivity contribution in [3.8, 4) is 0 Å². The number of benzene rings is 1. The molecule has 0 fully saturated rings. The summed E-state index contributed by atoms with van der Waals surface area (Å²) < 4.78 is 4.74. The fraction of sp³-hybridized carbons (Fsp3) is 0.385. The van der Waals surface area contributed by atoms with Gasteiger partial charge >= 0.3 is 5.97 Å². The first kappa shape index (κ1) is 14.6. The maximum absolute atomic E-state index is 11.7. The lowest BCUT2D eigenvalue weighted by Crippen LogP contribution is -2.16. The van der Waals surface area contributed by atoms with Crippen LogP contribution in [-0.2, 0) is 11.2 Å². The lowest BCUT2D eigenvalue weighted by Gasteiger charge is -2.12. The Labute approximate surface area is 111 Å². The lowest BCUT2D eigenvalue weighted by molar-refractivity contribution is 0.0596. The molecule has 0 aliphatic rings. The molecule has 0 radical (unpaired) electrons. The third kappa shape index (κ3) is 3.50. The van der Waals surface area contributed by atoms with Gasteiger partial charge in [-0.05, 0) is 35.9 Å². The Bertz CT molecular complexity index is 458. The summed E-state index contributed by atoms with van der Waals surface area (Å²) in [4.78, 5) is 25.5. The molecule has 18 heavy (non-hydrogen) atoms. The summed E-state index contributed by atoms with van der Waals surface area (Å²) in [5.41, 5.74) is 1.48. The van der Waals surface area contributed by atoms with Crippen molar-refractivity contribution in [2.24, 2.45) is 0 Å². The van der Waals surface area contributed by atoms with E-state index in [1.54, 1.807) is 26.2 Å². The average Bonchev–Trinajstić information content (AvgIpc) is 2.38. The molecule has 1 aromatic rings. The molecule has 4 nitrogen and oxygen atoms in total. The molecular formula is C13H17NO3S. The van der Waals surface area contributed by atoms with E-state index in [4.69, 9.17) is 4.74 Å². The molecule has 0 heterocycles. The molecule has 0 aromatic heterocycles. The van der Waals surface area contributed by atoms with Crippen LogP contribution in [0.3, 0.4) is 0 Å². The SMILES string of the molecule is CCc1ccc(SC(=O)N(C)C)c(C(=O)OC)c1. The van der Waals surface area contributed by atoms with Crippen molar-refractivity contribution in [1.29, 1.82) is 0 Å². The minimum absolute atomic E-state index is 0.121. The second-order valence-corrected chi connectivity index (χ2v) is 4.93. The molecule has 0 saturated heterocycles. The molecular weight excluding hydrogens is 250 g/mol. The van der Waals surface area contributed by atoms with E-state index >= 15 is 0 Å². The van der Waals surface area contributed by atoms with E-state index in [1.165, 1.54) is 12.0 Å². The number of rotatable bonds is 3. The topological polar surface area (TPSA) is 46.6 Å². The van der Waals surface area contributed by atoms with E-state index in [9.17, 15) is 9.59 Å². The molecule has 1 amide bonds. The fourth-order valence-corrected chi connectivity index (χ4v) is 2.10. The Balaban J connectivity index is 3.10. The molecule has 0 aliphatic carbocycles. The number of hydrogen-bond acceptors (Lipinski definition) is 4. The largest absolute Gasteiger partial charge is 0.465 e. The molecule has 98 valence electrons. The van der Waals surface area contributed by atoms with Crippen LogP contribution < -0.4 is 0 Å². The standard InChI is InChI=1S/C13H17NO3S/c1-5-9-6-7-11(18-13(16)14(2)3)10(8-9)12(15)17-4/h6-8H,5H2,1-4H3. The van der Waals surface area contributed by atoms with Crippen LogP contribution in [0.1, 0.15) is 22.8 Å². The Hall–Kier alpha value is -1.49. The third-order valence-corrected chi connectivity index (χ3v) is 3.54. The zero-order valence-electron chi connectivity index (χ0n) is 11.0. The minimum atomic E-state index is -0.417. The zero-order valence-corrected chi connectivity index (χ0v) is 11.8. The second kappa shape index (κ2) is 6.44. The van der Waals surface area contributed by atoms with E-state index in [1.807, 2.05) is 13.0 Å². The van der Waals surface area contributed by atoms with Gasteiger partial charge in [-0.15, -0.1) is 0 Å². The van der Waals surface area contributed by atoms with Crippen LogP contribution in [0.25, 0.3) is 0 Å². The molecule has 0 unspecified atom stereocenters. The first-order valence-corrected chi connectivity index (χ1v) is 6.41. The van der Waals surface area contributed by atoms with Gasteiger partial charge in [-0.3, -0.25) is 4.79 Å². The second-order valence-electron chi connectivity index (χ2n) is 3.94. The highest BCUT2D eigenvalue weighted by Gasteiger charge is 2.16. The van der Waals surface area contributed by atoms with Gasteiger partial charge in [-0.2, -0.15) is 0 Å². The molecule has 0 saturated carbocycles. The van der Waals surface area contributed by atoms with Crippen LogP contribution in [0, 0.1) is 0 Å². The van der Waals surface area contributed by atoms with E-state index < -0.39 is 5.97 Å². The van der Waals surface area contributed by atoms with Crippen molar-refractivity contribution in [1.82, 2.24) is 4.90 Å². The van der Waals surface area contributed by atoms with Gasteiger partial charge in [-0.25, -0.2) is 4.79 Å². The molecule has 0 spiro atoms. The van der Waals surface area contributed by atoms with Crippen molar-refractivity contribution in [3.05, 3.63) is 29.3 Å². The summed E-state index contributed by atoms with van der Waals surface area (Å²) in [5, 5.41) is -0.121. The number of aryl methyl sites for hydroxylation is 1. The summed E-state index contributed by atoms with van der Waals surface area (Å²) >= 11 is 1.03. The molecule has 0 aliphatic heterocycles. The quantitative estimate of drug-likeness (QED) is 0.624. The third-order valence-electron chi connectivity index (χ3n) is 2.42. The van der Waals surface area contributed by atoms with Crippen molar-refractivity contribution in [2.45, 2.75) is 18.2 Å². The van der Waals surface area contributed by atoms with Crippen LogP contribution in [0.4, 0.5) is 4.79 Å². The highest BCUT2D eigenvalue weighted by molar-refractivity contribution is 8.13. The van der Waals surface area contributed by atoms with Crippen LogP contribution in [-0.4, -0.2) is 37.3 Å². The average molecular weight is 267 g/mol. The van der Waals surface area contributed by atoms with Crippen molar-refractivity contribution in [3.63, 3.8) is 0 Å². The van der Waals surface area contributed by atoms with Crippen molar-refractivity contribution < 1.29 is 14.3 Å². The van der Waals surface area contributed by atoms with Crippen LogP contribution in [0.15, 0.2) is 23.1 Å². The smallest absolute Gasteiger partial charge is 0.339 e. The molecule has 0 atom stereocenters. The molecule has 0 N–H and O–H groups in total. The Kier molecular flexibility index (Phi) is 5.22. The Morgan fingerprint density at radius 1 is 1.33 bits per heavy atom. The maximum atomic E-state index is 11.7. The van der Waals surface area contributed by atoms with E-state index in [2.05, 4.69) is 0 Å². The number of carbonyl (C=O) groups excluding carboxylic acids is 2. The lowest BCUT2D eigenvalue weighted by atomic mass is 10.1. The van der Waals surface area contributed by atoms with Gasteiger partial charge in [0, 0.05) is 19.0 Å². The number of hydrogen-bond donors (Lipinski definition) is 0. The Morgan fingerprint density at radius 3 is 2.50 bits per heavy atom. The number of ether oxygens (including phenoxy) is 1. The van der Waals surface area contributed by atoms with E-state index in [0.717, 1.165) is 23.7 Å². The monoisotopic (exact) mass is 267 g/mol. The molecule has 5 heteroatoms. The number of nitrogens with zero attached hydrogens (tertiary/aromatic N) is 1. The number of methoxy groups -OCH3 is 1. The predicted octanol–water partition coefficient (Wildman–Crippen LogP) is 2.81. The zero-order chi connectivity index (χ0) is 13.7. The number of amides is 1. The van der Waals surface area contributed by atoms with Crippen molar-refractivity contribution >= 4 is 23.0 Å². The fourth-order valence-electron chi connectivity index (χ4n) is 1.34.